The Bertz CT molecular complexity index is 447. The van der Waals surface area contributed by atoms with Crippen LogP contribution in [0.4, 0.5) is 0 Å². The molecule has 1 fully saturated rings. The van der Waals surface area contributed by atoms with E-state index in [0.29, 0.717) is 0 Å². The first kappa shape index (κ1) is 17.3. The molecule has 1 N–H and O–H groups in total. The average Bonchev–Trinajstić information content (AvgIpc) is 2.46. The summed E-state index contributed by atoms with van der Waals surface area (Å²) in [4.78, 5) is 14.3. The van der Waals surface area contributed by atoms with Crippen LogP contribution >= 0.6 is 24.0 Å². The molecule has 0 bridgehead atoms. The monoisotopic (exact) mass is 316 g/mol. The second-order valence-corrected chi connectivity index (χ2v) is 5.60. The van der Waals surface area contributed by atoms with Gasteiger partial charge in [0.05, 0.1) is 12.0 Å². The van der Waals surface area contributed by atoms with Crippen molar-refractivity contribution in [3.63, 3.8) is 0 Å². The highest BCUT2D eigenvalue weighted by Crippen LogP contribution is 2.27. The number of nitrogens with one attached hydrogen (secondary N) is 1. The fourth-order valence-corrected chi connectivity index (χ4v) is 2.86. The van der Waals surface area contributed by atoms with Gasteiger partial charge in [0.15, 0.2) is 0 Å². The minimum absolute atomic E-state index is 0. The fourth-order valence-electron chi connectivity index (χ4n) is 2.56. The third-order valence-electron chi connectivity index (χ3n) is 3.93. The summed E-state index contributed by atoms with van der Waals surface area (Å²) in [7, 11) is 1.87. The van der Waals surface area contributed by atoms with Crippen LogP contribution in [0.15, 0.2) is 24.3 Å². The second kappa shape index (κ2) is 7.87. The van der Waals surface area contributed by atoms with Gasteiger partial charge in [-0.05, 0) is 37.9 Å². The van der Waals surface area contributed by atoms with Crippen molar-refractivity contribution in [3.8, 4) is 0 Å². The van der Waals surface area contributed by atoms with Crippen LogP contribution in [-0.2, 0) is 4.79 Å². The number of halogens is 2. The van der Waals surface area contributed by atoms with Gasteiger partial charge in [-0.1, -0.05) is 29.8 Å². The van der Waals surface area contributed by atoms with Gasteiger partial charge >= 0.3 is 0 Å². The van der Waals surface area contributed by atoms with Crippen molar-refractivity contribution in [2.75, 3.05) is 20.1 Å². The molecule has 1 heterocycles. The first-order valence-electron chi connectivity index (χ1n) is 6.83. The van der Waals surface area contributed by atoms with E-state index in [1.165, 1.54) is 0 Å². The molecule has 0 radical (unpaired) electrons. The Hall–Kier alpha value is -0.770. The summed E-state index contributed by atoms with van der Waals surface area (Å²) in [6, 6.07) is 7.72. The number of rotatable bonds is 3. The summed E-state index contributed by atoms with van der Waals surface area (Å²) >= 11 is 6.20. The molecule has 1 unspecified atom stereocenters. The maximum atomic E-state index is 12.5. The first-order valence-corrected chi connectivity index (χ1v) is 7.21. The minimum Gasteiger partial charge on any atom is -0.339 e. The van der Waals surface area contributed by atoms with Gasteiger partial charge in [-0.3, -0.25) is 4.79 Å². The van der Waals surface area contributed by atoms with Crippen molar-refractivity contribution in [2.24, 2.45) is 5.92 Å². The topological polar surface area (TPSA) is 32.3 Å². The van der Waals surface area contributed by atoms with Crippen molar-refractivity contribution in [3.05, 3.63) is 34.9 Å². The predicted molar refractivity (Wildman–Crippen MR) is 85.5 cm³/mol. The lowest BCUT2D eigenvalue weighted by atomic mass is 9.97. The maximum absolute atomic E-state index is 12.5. The number of benzene rings is 1. The molecule has 1 amide bonds. The zero-order chi connectivity index (χ0) is 13.8. The predicted octanol–water partition coefficient (Wildman–Crippen LogP) is 3.28. The molecule has 1 saturated heterocycles. The molecule has 0 spiro atoms. The molecule has 20 heavy (non-hydrogen) atoms. The molecule has 0 aromatic heterocycles. The zero-order valence-corrected chi connectivity index (χ0v) is 13.5. The molecule has 2 atom stereocenters. The van der Waals surface area contributed by atoms with Gasteiger partial charge < -0.3 is 10.2 Å². The van der Waals surface area contributed by atoms with E-state index in [-0.39, 0.29) is 30.3 Å². The van der Waals surface area contributed by atoms with Gasteiger partial charge in [-0.25, -0.2) is 0 Å². The molecule has 0 saturated carbocycles. The minimum atomic E-state index is 0. The molecular weight excluding hydrogens is 295 g/mol. The number of carbonyl (C=O) groups is 1. The number of hydrogen-bond donors (Lipinski definition) is 1. The summed E-state index contributed by atoms with van der Waals surface area (Å²) in [6.07, 6.45) is 2.05. The van der Waals surface area contributed by atoms with E-state index in [1.807, 2.05) is 43.1 Å². The molecule has 1 aliphatic heterocycles. The van der Waals surface area contributed by atoms with Gasteiger partial charge in [0, 0.05) is 18.6 Å². The van der Waals surface area contributed by atoms with E-state index < -0.39 is 0 Å². The van der Waals surface area contributed by atoms with Crippen LogP contribution in [-0.4, -0.2) is 30.9 Å². The number of carbonyl (C=O) groups excluding carboxylic acids is 1. The highest BCUT2D eigenvalue weighted by atomic mass is 35.5. The van der Waals surface area contributed by atoms with Crippen molar-refractivity contribution < 1.29 is 4.79 Å². The largest absolute Gasteiger partial charge is 0.339 e. The smallest absolute Gasteiger partial charge is 0.227 e. The van der Waals surface area contributed by atoms with Crippen LogP contribution in [0.3, 0.4) is 0 Å². The van der Waals surface area contributed by atoms with Crippen molar-refractivity contribution in [2.45, 2.75) is 25.8 Å². The molecule has 2 rings (SSSR count). The SMILES string of the molecule is CC(c1ccccc1Cl)N(C)C(=O)[C@@H]1CCCNC1.Cl. The summed E-state index contributed by atoms with van der Waals surface area (Å²) in [5.41, 5.74) is 1.00. The van der Waals surface area contributed by atoms with Gasteiger partial charge in [0.2, 0.25) is 5.91 Å². The van der Waals surface area contributed by atoms with E-state index in [1.54, 1.807) is 0 Å². The normalized spacial score (nSPS) is 19.9. The van der Waals surface area contributed by atoms with Crippen molar-refractivity contribution >= 4 is 29.9 Å². The van der Waals surface area contributed by atoms with Crippen LogP contribution in [0.25, 0.3) is 0 Å². The lowest BCUT2D eigenvalue weighted by molar-refractivity contribution is -0.136. The van der Waals surface area contributed by atoms with Gasteiger partial charge in [-0.2, -0.15) is 0 Å². The zero-order valence-electron chi connectivity index (χ0n) is 11.9. The van der Waals surface area contributed by atoms with Crippen LogP contribution < -0.4 is 5.32 Å². The highest BCUT2D eigenvalue weighted by Gasteiger charge is 2.27. The van der Waals surface area contributed by atoms with E-state index in [2.05, 4.69) is 5.32 Å². The number of amides is 1. The first-order chi connectivity index (χ1) is 9.11. The standard InChI is InChI=1S/C15H21ClN2O.ClH/c1-11(13-7-3-4-8-14(13)16)18(2)15(19)12-6-5-9-17-10-12;/h3-4,7-8,11-12,17H,5-6,9-10H2,1-2H3;1H/t11?,12-;/m1./s1. The molecular formula is C15H22Cl2N2O. The van der Waals surface area contributed by atoms with E-state index in [0.717, 1.165) is 36.5 Å². The molecule has 112 valence electrons. The Balaban J connectivity index is 0.00000200. The van der Waals surface area contributed by atoms with Gasteiger partial charge in [0.1, 0.15) is 0 Å². The van der Waals surface area contributed by atoms with Crippen LogP contribution in [0.2, 0.25) is 5.02 Å². The summed E-state index contributed by atoms with van der Waals surface area (Å²) in [5, 5.41) is 4.01. The Labute approximate surface area is 132 Å². The Kier molecular flexibility index (Phi) is 6.80. The quantitative estimate of drug-likeness (QED) is 0.928. The summed E-state index contributed by atoms with van der Waals surface area (Å²) in [5.74, 6) is 0.309. The summed E-state index contributed by atoms with van der Waals surface area (Å²) in [6.45, 7) is 3.83. The van der Waals surface area contributed by atoms with Crippen molar-refractivity contribution in [1.82, 2.24) is 10.2 Å². The number of nitrogens with zero attached hydrogens (tertiary/aromatic N) is 1. The lowest BCUT2D eigenvalue weighted by Gasteiger charge is -2.31. The van der Waals surface area contributed by atoms with Crippen LogP contribution in [0, 0.1) is 5.92 Å². The molecule has 1 aliphatic rings. The molecule has 1 aromatic rings. The Morgan fingerprint density at radius 2 is 2.15 bits per heavy atom. The van der Waals surface area contributed by atoms with Crippen molar-refractivity contribution in [1.29, 1.82) is 0 Å². The van der Waals surface area contributed by atoms with E-state index in [9.17, 15) is 4.79 Å². The van der Waals surface area contributed by atoms with Crippen LogP contribution in [0.1, 0.15) is 31.4 Å². The maximum Gasteiger partial charge on any atom is 0.227 e. The molecule has 5 heteroatoms. The van der Waals surface area contributed by atoms with Gasteiger partial charge in [-0.15, -0.1) is 12.4 Å². The number of piperidine rings is 1. The third kappa shape index (κ3) is 3.87. The van der Waals surface area contributed by atoms with E-state index in [4.69, 9.17) is 11.6 Å². The fraction of sp³-hybridized carbons (Fsp3) is 0.533. The van der Waals surface area contributed by atoms with E-state index >= 15 is 0 Å². The van der Waals surface area contributed by atoms with Gasteiger partial charge in [0.25, 0.3) is 0 Å². The molecule has 0 aliphatic carbocycles. The third-order valence-corrected chi connectivity index (χ3v) is 4.27. The Morgan fingerprint density at radius 1 is 1.45 bits per heavy atom. The molecule has 1 aromatic carbocycles. The van der Waals surface area contributed by atoms with Crippen LogP contribution in [0.5, 0.6) is 0 Å². The lowest BCUT2D eigenvalue weighted by Crippen LogP contribution is -2.42. The average molecular weight is 317 g/mol. The highest BCUT2D eigenvalue weighted by molar-refractivity contribution is 6.31. The summed E-state index contributed by atoms with van der Waals surface area (Å²) < 4.78 is 0. The number of hydrogen-bond acceptors (Lipinski definition) is 2. The Morgan fingerprint density at radius 3 is 2.75 bits per heavy atom. The molecule has 3 nitrogen and oxygen atoms in total. The second-order valence-electron chi connectivity index (χ2n) is 5.19.